The second kappa shape index (κ2) is 7.26. The molecule has 118 valence electrons. The highest BCUT2D eigenvalue weighted by atomic mass is 19.3. The molecule has 5 nitrogen and oxygen atoms in total. The molecule has 0 unspecified atom stereocenters. The Balaban J connectivity index is 2.14. The molecule has 0 aliphatic rings. The van der Waals surface area contributed by atoms with E-state index in [0.29, 0.717) is 5.56 Å². The van der Waals surface area contributed by atoms with Crippen LogP contribution in [-0.2, 0) is 0 Å². The number of benzene rings is 2. The summed E-state index contributed by atoms with van der Waals surface area (Å²) in [7, 11) is 0. The first kappa shape index (κ1) is 16.3. The lowest BCUT2D eigenvalue weighted by Crippen LogP contribution is -2.02. The van der Waals surface area contributed by atoms with Crippen LogP contribution in [-0.4, -0.2) is 17.3 Å². The van der Waals surface area contributed by atoms with Crippen molar-refractivity contribution >= 4 is 17.5 Å². The van der Waals surface area contributed by atoms with Crippen molar-refractivity contribution in [1.82, 2.24) is 0 Å². The Labute approximate surface area is 130 Å². The average Bonchev–Trinajstić information content (AvgIpc) is 2.53. The van der Waals surface area contributed by atoms with Gasteiger partial charge in [0.15, 0.2) is 5.78 Å². The fourth-order valence-corrected chi connectivity index (χ4v) is 1.86. The van der Waals surface area contributed by atoms with Crippen LogP contribution in [0.1, 0.15) is 15.9 Å². The van der Waals surface area contributed by atoms with Crippen LogP contribution >= 0.6 is 0 Å². The number of ketones is 1. The van der Waals surface area contributed by atoms with E-state index in [1.54, 1.807) is 6.07 Å². The summed E-state index contributed by atoms with van der Waals surface area (Å²) in [5.41, 5.74) is 0.433. The Bertz CT molecular complexity index is 742. The van der Waals surface area contributed by atoms with Gasteiger partial charge in [-0.15, -0.1) is 0 Å². The summed E-state index contributed by atoms with van der Waals surface area (Å²) >= 11 is 0. The number of nitro groups is 1. The van der Waals surface area contributed by atoms with Gasteiger partial charge in [-0.3, -0.25) is 14.9 Å². The fraction of sp³-hybridized carbons (Fsp3) is 0.0625. The van der Waals surface area contributed by atoms with E-state index in [-0.39, 0.29) is 17.0 Å². The van der Waals surface area contributed by atoms with Crippen LogP contribution < -0.4 is 4.74 Å². The summed E-state index contributed by atoms with van der Waals surface area (Å²) in [6.07, 6.45) is 2.52. The zero-order valence-electron chi connectivity index (χ0n) is 11.7. The van der Waals surface area contributed by atoms with Crippen molar-refractivity contribution in [2.75, 3.05) is 0 Å². The van der Waals surface area contributed by atoms with Gasteiger partial charge < -0.3 is 4.74 Å². The van der Waals surface area contributed by atoms with Crippen molar-refractivity contribution in [3.05, 3.63) is 75.8 Å². The quantitative estimate of drug-likeness (QED) is 0.348. The van der Waals surface area contributed by atoms with E-state index in [1.165, 1.54) is 54.6 Å². The Morgan fingerprint density at radius 1 is 1.13 bits per heavy atom. The second-order valence-electron chi connectivity index (χ2n) is 4.42. The van der Waals surface area contributed by atoms with E-state index in [0.717, 1.165) is 0 Å². The van der Waals surface area contributed by atoms with Gasteiger partial charge >= 0.3 is 6.61 Å². The Hall–Kier alpha value is -3.09. The lowest BCUT2D eigenvalue weighted by Gasteiger charge is -2.04. The highest BCUT2D eigenvalue weighted by molar-refractivity contribution is 6.07. The van der Waals surface area contributed by atoms with Crippen LogP contribution in [0.15, 0.2) is 54.6 Å². The van der Waals surface area contributed by atoms with Crippen molar-refractivity contribution in [2.45, 2.75) is 6.61 Å². The van der Waals surface area contributed by atoms with Crippen LogP contribution in [0.2, 0.25) is 0 Å². The van der Waals surface area contributed by atoms with Gasteiger partial charge in [-0.05, 0) is 42.5 Å². The number of nitrogens with zero attached hydrogens (tertiary/aromatic N) is 1. The molecule has 7 heteroatoms. The molecule has 0 amide bonds. The molecule has 0 saturated heterocycles. The Morgan fingerprint density at radius 3 is 2.39 bits per heavy atom. The summed E-state index contributed by atoms with van der Waals surface area (Å²) < 4.78 is 28.3. The van der Waals surface area contributed by atoms with E-state index in [9.17, 15) is 23.7 Å². The van der Waals surface area contributed by atoms with Crippen molar-refractivity contribution in [1.29, 1.82) is 0 Å². The number of nitro benzene ring substituents is 1. The number of carbonyl (C=O) groups is 1. The van der Waals surface area contributed by atoms with Gasteiger partial charge in [0, 0.05) is 11.6 Å². The maximum Gasteiger partial charge on any atom is 0.387 e. The number of allylic oxidation sites excluding steroid dienone is 1. The minimum atomic E-state index is -2.94. The summed E-state index contributed by atoms with van der Waals surface area (Å²) in [6, 6.07) is 11.2. The van der Waals surface area contributed by atoms with Gasteiger partial charge in [-0.2, -0.15) is 8.78 Å². The van der Waals surface area contributed by atoms with Crippen LogP contribution in [0.25, 0.3) is 6.08 Å². The van der Waals surface area contributed by atoms with Crippen molar-refractivity contribution in [3.63, 3.8) is 0 Å². The normalized spacial score (nSPS) is 10.9. The molecule has 0 N–H and O–H groups in total. The molecule has 0 aliphatic carbocycles. The molecule has 0 aromatic heterocycles. The third-order valence-electron chi connectivity index (χ3n) is 2.91. The van der Waals surface area contributed by atoms with E-state index in [2.05, 4.69) is 4.74 Å². The van der Waals surface area contributed by atoms with Crippen LogP contribution in [0.3, 0.4) is 0 Å². The number of alkyl halides is 2. The topological polar surface area (TPSA) is 69.4 Å². The van der Waals surface area contributed by atoms with Gasteiger partial charge in [0.1, 0.15) is 5.75 Å². The first-order valence-electron chi connectivity index (χ1n) is 6.48. The number of para-hydroxylation sites is 1. The molecule has 0 radical (unpaired) electrons. The SMILES string of the molecule is O=C(/C=C/c1ccccc1[N+](=O)[O-])c1ccc(OC(F)F)cc1. The van der Waals surface area contributed by atoms with Crippen LogP contribution in [0.4, 0.5) is 14.5 Å². The van der Waals surface area contributed by atoms with E-state index >= 15 is 0 Å². The maximum atomic E-state index is 12.0. The molecular formula is C16H11F2NO4. The van der Waals surface area contributed by atoms with Gasteiger partial charge in [-0.1, -0.05) is 12.1 Å². The monoisotopic (exact) mass is 319 g/mol. The van der Waals surface area contributed by atoms with Crippen LogP contribution in [0.5, 0.6) is 5.75 Å². The molecular weight excluding hydrogens is 308 g/mol. The second-order valence-corrected chi connectivity index (χ2v) is 4.42. The highest BCUT2D eigenvalue weighted by Gasteiger charge is 2.10. The number of ether oxygens (including phenoxy) is 1. The predicted octanol–water partition coefficient (Wildman–Crippen LogP) is 4.09. The third-order valence-corrected chi connectivity index (χ3v) is 2.91. The number of hydrogen-bond donors (Lipinski definition) is 0. The molecule has 0 saturated carbocycles. The highest BCUT2D eigenvalue weighted by Crippen LogP contribution is 2.20. The number of halogens is 2. The third kappa shape index (κ3) is 4.44. The van der Waals surface area contributed by atoms with Gasteiger partial charge in [0.25, 0.3) is 5.69 Å². The largest absolute Gasteiger partial charge is 0.435 e. The minimum Gasteiger partial charge on any atom is -0.435 e. The molecule has 2 aromatic rings. The molecule has 0 heterocycles. The first-order valence-corrected chi connectivity index (χ1v) is 6.48. The van der Waals surface area contributed by atoms with Gasteiger partial charge in [0.05, 0.1) is 10.5 Å². The zero-order valence-corrected chi connectivity index (χ0v) is 11.7. The Morgan fingerprint density at radius 2 is 1.78 bits per heavy atom. The molecule has 2 aromatic carbocycles. The number of carbonyl (C=O) groups excluding carboxylic acids is 1. The van der Waals surface area contributed by atoms with Gasteiger partial charge in [-0.25, -0.2) is 0 Å². The summed E-state index contributed by atoms with van der Waals surface area (Å²) in [4.78, 5) is 22.3. The average molecular weight is 319 g/mol. The Kier molecular flexibility index (Phi) is 5.14. The lowest BCUT2D eigenvalue weighted by atomic mass is 10.1. The first-order chi connectivity index (χ1) is 11.0. The molecule has 0 aliphatic heterocycles. The number of hydrogen-bond acceptors (Lipinski definition) is 4. The fourth-order valence-electron chi connectivity index (χ4n) is 1.86. The van der Waals surface area contributed by atoms with Crippen LogP contribution in [0, 0.1) is 10.1 Å². The molecule has 23 heavy (non-hydrogen) atoms. The van der Waals surface area contributed by atoms with Gasteiger partial charge in [0.2, 0.25) is 0 Å². The van der Waals surface area contributed by atoms with E-state index in [1.807, 2.05) is 0 Å². The summed E-state index contributed by atoms with van der Waals surface area (Å²) in [5, 5.41) is 10.9. The smallest absolute Gasteiger partial charge is 0.387 e. The summed E-state index contributed by atoms with van der Waals surface area (Å²) in [5.74, 6) is -0.467. The number of rotatable bonds is 6. The van der Waals surface area contributed by atoms with Crippen molar-refractivity contribution in [3.8, 4) is 5.75 Å². The molecule has 0 atom stereocenters. The molecule has 0 spiro atoms. The summed E-state index contributed by atoms with van der Waals surface area (Å²) in [6.45, 7) is -2.94. The van der Waals surface area contributed by atoms with Crippen molar-refractivity contribution < 1.29 is 23.2 Å². The molecule has 0 bridgehead atoms. The lowest BCUT2D eigenvalue weighted by molar-refractivity contribution is -0.385. The molecule has 0 fully saturated rings. The molecule has 2 rings (SSSR count). The predicted molar refractivity (Wildman–Crippen MR) is 79.5 cm³/mol. The zero-order chi connectivity index (χ0) is 16.8. The minimum absolute atomic E-state index is 0.0563. The van der Waals surface area contributed by atoms with Crippen molar-refractivity contribution in [2.24, 2.45) is 0 Å². The standard InChI is InChI=1S/C16H11F2NO4/c17-16(18)23-13-8-5-12(6-9-13)15(20)10-7-11-3-1-2-4-14(11)19(21)22/h1-10,16H/b10-7+. The van der Waals surface area contributed by atoms with E-state index < -0.39 is 17.3 Å². The van der Waals surface area contributed by atoms with E-state index in [4.69, 9.17) is 0 Å². The maximum absolute atomic E-state index is 12.0.